The standard InChI is InChI=1S/C16H14N2O4S/c19-15-13-7-6-12(10-14(13)16(20)18-15)23(21,22)17-9-8-11-4-2-1-3-5-11/h1-7,10,17H,8-9H2,(H,18,19,20). The van der Waals surface area contributed by atoms with E-state index in [-0.39, 0.29) is 22.6 Å². The number of imide groups is 1. The number of carbonyl (C=O) groups is 2. The van der Waals surface area contributed by atoms with E-state index in [1.54, 1.807) is 0 Å². The molecule has 2 amide bonds. The number of nitrogens with one attached hydrogen (secondary N) is 2. The van der Waals surface area contributed by atoms with E-state index in [0.29, 0.717) is 6.42 Å². The largest absolute Gasteiger partial charge is 0.288 e. The summed E-state index contributed by atoms with van der Waals surface area (Å²) in [5, 5.41) is 2.13. The molecule has 0 bridgehead atoms. The minimum atomic E-state index is -3.73. The van der Waals surface area contributed by atoms with Crippen LogP contribution in [0.3, 0.4) is 0 Å². The van der Waals surface area contributed by atoms with Crippen molar-refractivity contribution in [1.82, 2.24) is 10.0 Å². The first-order valence-electron chi connectivity index (χ1n) is 7.01. The van der Waals surface area contributed by atoms with Crippen molar-refractivity contribution in [3.05, 3.63) is 65.2 Å². The van der Waals surface area contributed by atoms with Gasteiger partial charge in [0.25, 0.3) is 11.8 Å². The molecule has 0 aliphatic carbocycles. The van der Waals surface area contributed by atoms with Gasteiger partial charge in [-0.05, 0) is 30.2 Å². The summed E-state index contributed by atoms with van der Waals surface area (Å²) in [6.45, 7) is 0.245. The minimum absolute atomic E-state index is 0.0332. The van der Waals surface area contributed by atoms with Gasteiger partial charge < -0.3 is 0 Å². The third kappa shape index (κ3) is 3.15. The second-order valence-electron chi connectivity index (χ2n) is 5.12. The molecule has 0 saturated carbocycles. The molecule has 23 heavy (non-hydrogen) atoms. The first-order valence-corrected chi connectivity index (χ1v) is 8.49. The zero-order chi connectivity index (χ0) is 16.4. The maximum Gasteiger partial charge on any atom is 0.258 e. The van der Waals surface area contributed by atoms with Crippen LogP contribution in [0.2, 0.25) is 0 Å². The zero-order valence-electron chi connectivity index (χ0n) is 12.1. The lowest BCUT2D eigenvalue weighted by molar-refractivity contribution is 0.0879. The maximum atomic E-state index is 12.3. The van der Waals surface area contributed by atoms with Gasteiger partial charge in [0.15, 0.2) is 0 Å². The molecule has 3 rings (SSSR count). The minimum Gasteiger partial charge on any atom is -0.288 e. The lowest BCUT2D eigenvalue weighted by Gasteiger charge is -2.07. The fourth-order valence-corrected chi connectivity index (χ4v) is 3.43. The van der Waals surface area contributed by atoms with E-state index in [2.05, 4.69) is 10.0 Å². The monoisotopic (exact) mass is 330 g/mol. The van der Waals surface area contributed by atoms with Crippen molar-refractivity contribution in [2.24, 2.45) is 0 Å². The van der Waals surface area contributed by atoms with Gasteiger partial charge in [-0.25, -0.2) is 13.1 Å². The smallest absolute Gasteiger partial charge is 0.258 e. The molecule has 0 fully saturated rings. The second-order valence-corrected chi connectivity index (χ2v) is 6.89. The van der Waals surface area contributed by atoms with Gasteiger partial charge >= 0.3 is 0 Å². The van der Waals surface area contributed by atoms with Gasteiger partial charge in [-0.2, -0.15) is 0 Å². The molecular weight excluding hydrogens is 316 g/mol. The number of rotatable bonds is 5. The summed E-state index contributed by atoms with van der Waals surface area (Å²) in [6.07, 6.45) is 0.560. The van der Waals surface area contributed by atoms with Gasteiger partial charge in [-0.1, -0.05) is 30.3 Å². The normalized spacial score (nSPS) is 13.7. The van der Waals surface area contributed by atoms with Crippen LogP contribution in [0.5, 0.6) is 0 Å². The molecule has 1 aliphatic heterocycles. The van der Waals surface area contributed by atoms with E-state index in [9.17, 15) is 18.0 Å². The fourth-order valence-electron chi connectivity index (χ4n) is 2.37. The molecule has 7 heteroatoms. The Hall–Kier alpha value is -2.51. The summed E-state index contributed by atoms with van der Waals surface area (Å²) in [6, 6.07) is 13.4. The van der Waals surface area contributed by atoms with Crippen molar-refractivity contribution >= 4 is 21.8 Å². The van der Waals surface area contributed by atoms with Crippen molar-refractivity contribution in [2.75, 3.05) is 6.54 Å². The van der Waals surface area contributed by atoms with E-state index in [4.69, 9.17) is 0 Å². The quantitative estimate of drug-likeness (QED) is 0.803. The molecule has 6 nitrogen and oxygen atoms in total. The number of benzene rings is 2. The maximum absolute atomic E-state index is 12.3. The SMILES string of the molecule is O=C1NC(=O)c2cc(S(=O)(=O)NCCc3ccccc3)ccc21. The Morgan fingerprint density at radius 1 is 0.913 bits per heavy atom. The highest BCUT2D eigenvalue weighted by Gasteiger charge is 2.28. The summed E-state index contributed by atoms with van der Waals surface area (Å²) in [5.41, 5.74) is 1.30. The van der Waals surface area contributed by atoms with Crippen LogP contribution in [0.15, 0.2) is 53.4 Å². The number of fused-ring (bicyclic) bond motifs is 1. The van der Waals surface area contributed by atoms with E-state index in [1.165, 1.54) is 18.2 Å². The fraction of sp³-hybridized carbons (Fsp3) is 0.125. The third-order valence-electron chi connectivity index (χ3n) is 3.57. The molecular formula is C16H14N2O4S. The Bertz CT molecular complexity index is 876. The summed E-state index contributed by atoms with van der Waals surface area (Å²) in [7, 11) is -3.73. The van der Waals surface area contributed by atoms with Crippen molar-refractivity contribution in [2.45, 2.75) is 11.3 Å². The molecule has 0 aromatic heterocycles. The molecule has 0 atom stereocenters. The first kappa shape index (κ1) is 15.4. The molecule has 1 heterocycles. The predicted molar refractivity (Wildman–Crippen MR) is 83.6 cm³/mol. The van der Waals surface area contributed by atoms with Gasteiger partial charge in [0.2, 0.25) is 10.0 Å². The van der Waals surface area contributed by atoms with Crippen LogP contribution in [0.4, 0.5) is 0 Å². The number of carbonyl (C=O) groups excluding carboxylic acids is 2. The van der Waals surface area contributed by atoms with E-state index in [0.717, 1.165) is 5.56 Å². The van der Waals surface area contributed by atoms with Crippen LogP contribution in [-0.2, 0) is 16.4 Å². The summed E-state index contributed by atoms with van der Waals surface area (Å²) >= 11 is 0. The lowest BCUT2D eigenvalue weighted by Crippen LogP contribution is -2.26. The van der Waals surface area contributed by atoms with Gasteiger partial charge in [0.05, 0.1) is 16.0 Å². The number of hydrogen-bond acceptors (Lipinski definition) is 4. The summed E-state index contributed by atoms with van der Waals surface area (Å²) in [5.74, 6) is -1.09. The topological polar surface area (TPSA) is 92.3 Å². The second kappa shape index (κ2) is 5.94. The van der Waals surface area contributed by atoms with Crippen LogP contribution in [0.25, 0.3) is 0 Å². The van der Waals surface area contributed by atoms with Gasteiger partial charge in [0, 0.05) is 6.54 Å². The Labute approximate surface area is 133 Å². The van der Waals surface area contributed by atoms with Crippen LogP contribution in [0, 0.1) is 0 Å². The Kier molecular flexibility index (Phi) is 3.97. The third-order valence-corrected chi connectivity index (χ3v) is 5.02. The molecule has 1 aliphatic rings. The molecule has 2 aromatic carbocycles. The molecule has 0 saturated heterocycles. The van der Waals surface area contributed by atoms with Gasteiger partial charge in [-0.15, -0.1) is 0 Å². The van der Waals surface area contributed by atoms with Crippen molar-refractivity contribution in [1.29, 1.82) is 0 Å². The first-order chi connectivity index (χ1) is 11.0. The van der Waals surface area contributed by atoms with E-state index >= 15 is 0 Å². The average molecular weight is 330 g/mol. The van der Waals surface area contributed by atoms with Crippen molar-refractivity contribution in [3.8, 4) is 0 Å². The zero-order valence-corrected chi connectivity index (χ0v) is 12.9. The van der Waals surface area contributed by atoms with E-state index < -0.39 is 21.8 Å². The van der Waals surface area contributed by atoms with Crippen LogP contribution >= 0.6 is 0 Å². The number of sulfonamides is 1. The predicted octanol–water partition coefficient (Wildman–Crippen LogP) is 1.09. The van der Waals surface area contributed by atoms with Crippen LogP contribution in [0.1, 0.15) is 26.3 Å². The molecule has 0 unspecified atom stereocenters. The molecule has 118 valence electrons. The number of amides is 2. The van der Waals surface area contributed by atoms with Crippen molar-refractivity contribution in [3.63, 3.8) is 0 Å². The molecule has 0 radical (unpaired) electrons. The lowest BCUT2D eigenvalue weighted by atomic mass is 10.1. The van der Waals surface area contributed by atoms with Crippen LogP contribution in [-0.4, -0.2) is 26.8 Å². The highest BCUT2D eigenvalue weighted by Crippen LogP contribution is 2.20. The molecule has 2 aromatic rings. The highest BCUT2D eigenvalue weighted by atomic mass is 32.2. The summed E-state index contributed by atoms with van der Waals surface area (Å²) in [4.78, 5) is 23.0. The Morgan fingerprint density at radius 3 is 2.35 bits per heavy atom. The molecule has 2 N–H and O–H groups in total. The molecule has 0 spiro atoms. The Morgan fingerprint density at radius 2 is 1.61 bits per heavy atom. The van der Waals surface area contributed by atoms with Gasteiger partial charge in [-0.3, -0.25) is 14.9 Å². The van der Waals surface area contributed by atoms with E-state index in [1.807, 2.05) is 30.3 Å². The number of hydrogen-bond donors (Lipinski definition) is 2. The Balaban J connectivity index is 1.74. The summed E-state index contributed by atoms with van der Waals surface area (Å²) < 4.78 is 27.1. The van der Waals surface area contributed by atoms with Crippen molar-refractivity contribution < 1.29 is 18.0 Å². The highest BCUT2D eigenvalue weighted by molar-refractivity contribution is 7.89. The van der Waals surface area contributed by atoms with Gasteiger partial charge in [0.1, 0.15) is 0 Å². The van der Waals surface area contributed by atoms with Crippen LogP contribution < -0.4 is 10.0 Å². The average Bonchev–Trinajstić information content (AvgIpc) is 2.82.